The molecule has 0 aromatic heterocycles. The van der Waals surface area contributed by atoms with Crippen molar-refractivity contribution in [2.75, 3.05) is 19.6 Å². The van der Waals surface area contributed by atoms with Crippen LogP contribution < -0.4 is 31.4 Å². The number of hydrogen-bond donors (Lipinski definition) is 0. The second kappa shape index (κ2) is 15.1. The number of halogens is 1. The first kappa shape index (κ1) is 23.8. The molecule has 0 aliphatic rings. The summed E-state index contributed by atoms with van der Waals surface area (Å²) in [6, 6.07) is 11.1. The summed E-state index contributed by atoms with van der Waals surface area (Å²) in [5, 5.41) is 0. The molecular formula is C19H34INO3. The predicted molar refractivity (Wildman–Crippen MR) is 89.7 cm³/mol. The molecule has 0 radical (unpaired) electrons. The van der Waals surface area contributed by atoms with Gasteiger partial charge in [-0.05, 0) is 19.3 Å². The van der Waals surface area contributed by atoms with Crippen molar-refractivity contribution in [2.24, 2.45) is 0 Å². The first-order chi connectivity index (χ1) is 11.5. The van der Waals surface area contributed by atoms with E-state index in [2.05, 4.69) is 51.1 Å². The predicted octanol–water partition coefficient (Wildman–Crippen LogP) is -1.16. The van der Waals surface area contributed by atoms with Crippen LogP contribution in [-0.2, 0) is 6.54 Å². The third-order valence-electron chi connectivity index (χ3n) is 4.32. The zero-order chi connectivity index (χ0) is 18.3. The lowest BCUT2D eigenvalue weighted by atomic mass is 10.1. The van der Waals surface area contributed by atoms with Crippen LogP contribution in [0.2, 0.25) is 0 Å². The Kier molecular flexibility index (Phi) is 14.9. The lowest BCUT2D eigenvalue weighted by molar-refractivity contribution is -1.73. The van der Waals surface area contributed by atoms with Crippen LogP contribution in [0.25, 0.3) is 0 Å². The Morgan fingerprint density at radius 3 is 1.46 bits per heavy atom. The number of hydrogen-bond acceptors (Lipinski definition) is 3. The highest BCUT2D eigenvalue weighted by atomic mass is 127. The molecule has 0 aliphatic carbocycles. The smallest absolute Gasteiger partial charge is 0.282 e. The van der Waals surface area contributed by atoms with E-state index in [1.807, 2.05) is 0 Å². The molecule has 0 bridgehead atoms. The minimum Gasteiger partial charge on any atom is -0.427 e. The fourth-order valence-electron chi connectivity index (χ4n) is 3.02. The highest BCUT2D eigenvalue weighted by molar-refractivity contribution is 5.13. The largest absolute Gasteiger partial charge is 0.427 e. The summed E-state index contributed by atoms with van der Waals surface area (Å²) in [6.07, 6.45) is 8.02. The summed E-state index contributed by atoms with van der Waals surface area (Å²) in [5.74, 6) is 0. The molecule has 0 fully saturated rings. The van der Waals surface area contributed by atoms with Crippen LogP contribution in [0.1, 0.15) is 64.9 Å². The Labute approximate surface area is 157 Å². The summed E-state index contributed by atoms with van der Waals surface area (Å²) < 4.78 is 27.0. The van der Waals surface area contributed by atoms with Crippen molar-refractivity contribution in [1.82, 2.24) is 0 Å². The average Bonchev–Trinajstić information content (AvgIpc) is 2.56. The first-order valence-corrected chi connectivity index (χ1v) is 11.8. The molecule has 0 N–H and O–H groups in total. The lowest BCUT2D eigenvalue weighted by Crippen LogP contribution is -4.05. The minimum atomic E-state index is -4.01. The van der Waals surface area contributed by atoms with Crippen LogP contribution in [0.15, 0.2) is 30.3 Å². The number of quaternary nitrogens is 1. The molecule has 0 spiro atoms. The second-order valence-corrected chi connectivity index (χ2v) is 7.48. The summed E-state index contributed by atoms with van der Waals surface area (Å²) in [7, 11) is 0. The van der Waals surface area contributed by atoms with Gasteiger partial charge in [-0.3, -0.25) is 0 Å². The molecule has 4 nitrogen and oxygen atoms in total. The molecule has 1 aromatic rings. The monoisotopic (exact) mass is 451 g/mol. The normalized spacial score (nSPS) is 11.3. The van der Waals surface area contributed by atoms with Gasteiger partial charge < -0.3 is 14.8 Å². The molecule has 0 unspecified atom stereocenters. The van der Waals surface area contributed by atoms with Gasteiger partial charge in [0.1, 0.15) is 6.54 Å². The number of unbranched alkanes of at least 4 members (excludes halogenated alkanes) is 3. The third-order valence-corrected chi connectivity index (χ3v) is 4.32. The summed E-state index contributed by atoms with van der Waals surface area (Å²) in [6.45, 7) is 12.2. The van der Waals surface area contributed by atoms with E-state index in [1.54, 1.807) is 0 Å². The van der Waals surface area contributed by atoms with E-state index in [1.165, 1.54) is 74.8 Å². The van der Waals surface area contributed by atoms with Gasteiger partial charge in [0, 0.05) is 5.56 Å². The van der Waals surface area contributed by atoms with Crippen molar-refractivity contribution < 1.29 is 35.9 Å². The Bertz CT molecular complexity index is 363. The Morgan fingerprint density at radius 1 is 0.750 bits per heavy atom. The van der Waals surface area contributed by atoms with Crippen LogP contribution in [0.3, 0.4) is 0 Å². The van der Waals surface area contributed by atoms with Gasteiger partial charge in [-0.2, -0.15) is 0 Å². The molecule has 0 saturated carbocycles. The first-order valence-electron chi connectivity index (χ1n) is 9.11. The SMILES string of the molecule is CCCC[N+](CCCC)(CCCC)Cc1ccccc1.[O-][I+2]([O-])[O-]. The maximum atomic E-state index is 8.57. The van der Waals surface area contributed by atoms with E-state index < -0.39 is 21.1 Å². The Morgan fingerprint density at radius 2 is 1.12 bits per heavy atom. The van der Waals surface area contributed by atoms with Crippen LogP contribution >= 0.6 is 0 Å². The van der Waals surface area contributed by atoms with Gasteiger partial charge in [-0.1, -0.05) is 70.4 Å². The summed E-state index contributed by atoms with van der Waals surface area (Å²) >= 11 is -4.01. The second-order valence-electron chi connectivity index (χ2n) is 6.41. The molecule has 24 heavy (non-hydrogen) atoms. The van der Waals surface area contributed by atoms with Gasteiger partial charge >= 0.3 is 0 Å². The minimum absolute atomic E-state index is 1.22. The Balaban J connectivity index is 0.00000118. The van der Waals surface area contributed by atoms with Crippen LogP contribution in [0.4, 0.5) is 0 Å². The molecular weight excluding hydrogens is 417 g/mol. The fourth-order valence-corrected chi connectivity index (χ4v) is 3.02. The van der Waals surface area contributed by atoms with Gasteiger partial charge in [-0.25, -0.2) is 0 Å². The van der Waals surface area contributed by atoms with E-state index in [9.17, 15) is 0 Å². The molecule has 5 heteroatoms. The van der Waals surface area contributed by atoms with Gasteiger partial charge in [0.15, 0.2) is 0 Å². The van der Waals surface area contributed by atoms with Gasteiger partial charge in [0.05, 0.1) is 19.6 Å². The number of benzene rings is 1. The van der Waals surface area contributed by atoms with E-state index in [0.29, 0.717) is 0 Å². The molecule has 0 atom stereocenters. The molecule has 0 aliphatic heterocycles. The van der Waals surface area contributed by atoms with Crippen molar-refractivity contribution >= 4 is 0 Å². The molecule has 1 rings (SSSR count). The van der Waals surface area contributed by atoms with Gasteiger partial charge in [-0.15, -0.1) is 0 Å². The van der Waals surface area contributed by atoms with Gasteiger partial charge in [0.2, 0.25) is 0 Å². The van der Waals surface area contributed by atoms with Crippen LogP contribution in [0, 0.1) is 0 Å². The highest BCUT2D eigenvalue weighted by Crippen LogP contribution is 2.19. The molecule has 140 valence electrons. The zero-order valence-corrected chi connectivity index (χ0v) is 17.7. The lowest BCUT2D eigenvalue weighted by Gasteiger charge is -2.39. The zero-order valence-electron chi connectivity index (χ0n) is 15.5. The fraction of sp³-hybridized carbons (Fsp3) is 0.684. The maximum Gasteiger partial charge on any atom is 0.282 e. The van der Waals surface area contributed by atoms with Crippen molar-refractivity contribution in [3.05, 3.63) is 35.9 Å². The quantitative estimate of drug-likeness (QED) is 0.315. The molecule has 0 saturated heterocycles. The molecule has 1 aromatic carbocycles. The van der Waals surface area contributed by atoms with E-state index >= 15 is 0 Å². The van der Waals surface area contributed by atoms with E-state index in [-0.39, 0.29) is 0 Å². The van der Waals surface area contributed by atoms with Crippen molar-refractivity contribution in [2.45, 2.75) is 65.8 Å². The van der Waals surface area contributed by atoms with Crippen molar-refractivity contribution in [1.29, 1.82) is 0 Å². The third kappa shape index (κ3) is 12.2. The average molecular weight is 451 g/mol. The van der Waals surface area contributed by atoms with E-state index in [4.69, 9.17) is 10.3 Å². The summed E-state index contributed by atoms with van der Waals surface area (Å²) in [5.41, 5.74) is 1.51. The maximum absolute atomic E-state index is 8.57. The van der Waals surface area contributed by atoms with E-state index in [0.717, 1.165) is 0 Å². The highest BCUT2D eigenvalue weighted by Gasteiger charge is 2.25. The van der Waals surface area contributed by atoms with Crippen LogP contribution in [-0.4, -0.2) is 24.1 Å². The molecule has 0 heterocycles. The van der Waals surface area contributed by atoms with Crippen molar-refractivity contribution in [3.63, 3.8) is 0 Å². The molecule has 0 amide bonds. The van der Waals surface area contributed by atoms with Crippen molar-refractivity contribution in [3.8, 4) is 0 Å². The number of nitrogens with zero attached hydrogens (tertiary/aromatic N) is 1. The van der Waals surface area contributed by atoms with Crippen LogP contribution in [0.5, 0.6) is 0 Å². The topological polar surface area (TPSA) is 69.2 Å². The Hall–Kier alpha value is -0.210. The standard InChI is InChI=1S/C19H34N.IO3/c1-4-7-15-20(16-8-5-2,17-9-6-3)18-19-13-11-10-12-14-19;2-1(3)4/h10-14H,4-9,15-18H2,1-3H3;/q+1;-1. The van der Waals surface area contributed by atoms with Gasteiger partial charge in [0.25, 0.3) is 21.1 Å². The number of rotatable bonds is 11. The summed E-state index contributed by atoms with van der Waals surface area (Å²) in [4.78, 5) is 0.